The van der Waals surface area contributed by atoms with Gasteiger partial charge in [0.15, 0.2) is 0 Å². The molecule has 0 atom stereocenters. The highest BCUT2D eigenvalue weighted by molar-refractivity contribution is 14.1. The van der Waals surface area contributed by atoms with E-state index in [1.54, 1.807) is 0 Å². The second-order valence-corrected chi connectivity index (χ2v) is 4.91. The summed E-state index contributed by atoms with van der Waals surface area (Å²) in [5.74, 6) is 1.74. The van der Waals surface area contributed by atoms with E-state index in [4.69, 9.17) is 4.74 Å². The molecule has 1 aromatic heterocycles. The average Bonchev–Trinajstić information content (AvgIpc) is 2.84. The van der Waals surface area contributed by atoms with Gasteiger partial charge in [-0.05, 0) is 46.9 Å². The van der Waals surface area contributed by atoms with E-state index in [9.17, 15) is 0 Å². The normalized spacial score (nSPS) is 10.6. The Morgan fingerprint density at radius 3 is 2.47 bits per heavy atom. The first kappa shape index (κ1) is 10.7. The Labute approximate surface area is 113 Å². The first-order valence-electron chi connectivity index (χ1n) is 5.32. The van der Waals surface area contributed by atoms with Gasteiger partial charge in [-0.1, -0.05) is 18.2 Å². The molecule has 0 fully saturated rings. The first-order chi connectivity index (χ1) is 8.34. The van der Waals surface area contributed by atoms with Crippen molar-refractivity contribution in [2.75, 3.05) is 0 Å². The number of fused-ring (bicyclic) bond motifs is 1. The van der Waals surface area contributed by atoms with Gasteiger partial charge in [-0.3, -0.25) is 0 Å². The molecule has 84 valence electrons. The van der Waals surface area contributed by atoms with Gasteiger partial charge in [-0.2, -0.15) is 0 Å². The maximum Gasteiger partial charge on any atom is 0.136 e. The van der Waals surface area contributed by atoms with Crippen LogP contribution in [0.3, 0.4) is 0 Å². The molecule has 0 unspecified atom stereocenters. The third-order valence-corrected chi connectivity index (χ3v) is 3.56. The van der Waals surface area contributed by atoms with Crippen LogP contribution in [-0.4, -0.2) is 4.98 Å². The topological polar surface area (TPSA) is 25.0 Å². The average molecular weight is 335 g/mol. The van der Waals surface area contributed by atoms with Gasteiger partial charge in [-0.15, -0.1) is 0 Å². The first-order valence-corrected chi connectivity index (χ1v) is 6.40. The summed E-state index contributed by atoms with van der Waals surface area (Å²) >= 11 is 2.33. The van der Waals surface area contributed by atoms with Crippen molar-refractivity contribution in [2.24, 2.45) is 0 Å². The lowest BCUT2D eigenvalue weighted by Crippen LogP contribution is -1.85. The van der Waals surface area contributed by atoms with Gasteiger partial charge in [0.25, 0.3) is 0 Å². The van der Waals surface area contributed by atoms with Gasteiger partial charge < -0.3 is 9.72 Å². The van der Waals surface area contributed by atoms with Crippen LogP contribution in [0.2, 0.25) is 0 Å². The van der Waals surface area contributed by atoms with Crippen LogP contribution in [0, 0.1) is 3.57 Å². The molecule has 0 aliphatic carbocycles. The molecule has 0 radical (unpaired) electrons. The summed E-state index contributed by atoms with van der Waals surface area (Å²) in [6.07, 6.45) is 3.96. The van der Waals surface area contributed by atoms with E-state index in [1.807, 2.05) is 48.8 Å². The molecule has 0 bridgehead atoms. The second kappa shape index (κ2) is 4.41. The Morgan fingerprint density at radius 2 is 1.65 bits per heavy atom. The molecule has 0 aliphatic heterocycles. The molecule has 0 amide bonds. The van der Waals surface area contributed by atoms with Crippen LogP contribution >= 0.6 is 22.6 Å². The smallest absolute Gasteiger partial charge is 0.136 e. The van der Waals surface area contributed by atoms with Crippen molar-refractivity contribution >= 4 is 33.4 Å². The Kier molecular flexibility index (Phi) is 2.76. The van der Waals surface area contributed by atoms with Gasteiger partial charge in [0.1, 0.15) is 11.5 Å². The summed E-state index contributed by atoms with van der Waals surface area (Å²) in [6, 6.07) is 13.9. The fourth-order valence-electron chi connectivity index (χ4n) is 1.80. The van der Waals surface area contributed by atoms with E-state index < -0.39 is 0 Å². The third kappa shape index (κ3) is 2.02. The van der Waals surface area contributed by atoms with Crippen LogP contribution < -0.4 is 4.74 Å². The maximum absolute atomic E-state index is 5.88. The zero-order valence-electron chi connectivity index (χ0n) is 8.98. The van der Waals surface area contributed by atoms with Gasteiger partial charge in [0.05, 0.1) is 0 Å². The van der Waals surface area contributed by atoms with Crippen LogP contribution in [0.15, 0.2) is 54.9 Å². The highest BCUT2D eigenvalue weighted by Gasteiger charge is 2.06. The van der Waals surface area contributed by atoms with Gasteiger partial charge in [0.2, 0.25) is 0 Å². The van der Waals surface area contributed by atoms with Gasteiger partial charge >= 0.3 is 0 Å². The number of benzene rings is 2. The van der Waals surface area contributed by atoms with Crippen LogP contribution in [0.1, 0.15) is 0 Å². The number of hydrogen-bond acceptors (Lipinski definition) is 1. The van der Waals surface area contributed by atoms with Crippen molar-refractivity contribution < 1.29 is 4.74 Å². The van der Waals surface area contributed by atoms with E-state index in [0.29, 0.717) is 0 Å². The number of aromatic amines is 1. The largest absolute Gasteiger partial charge is 0.457 e. The fourth-order valence-corrected chi connectivity index (χ4v) is 2.42. The summed E-state index contributed by atoms with van der Waals surface area (Å²) in [5.41, 5.74) is 0. The molecule has 0 spiro atoms. The van der Waals surface area contributed by atoms with Gasteiger partial charge in [-0.25, -0.2) is 0 Å². The second-order valence-electron chi connectivity index (χ2n) is 3.74. The number of rotatable bonds is 2. The summed E-state index contributed by atoms with van der Waals surface area (Å²) in [5, 5.41) is 2.31. The minimum atomic E-state index is 0.858. The van der Waals surface area contributed by atoms with Crippen LogP contribution in [0.5, 0.6) is 11.5 Å². The molecule has 17 heavy (non-hydrogen) atoms. The maximum atomic E-state index is 5.88. The summed E-state index contributed by atoms with van der Waals surface area (Å²) < 4.78 is 7.10. The van der Waals surface area contributed by atoms with E-state index in [1.165, 1.54) is 8.96 Å². The number of aromatic nitrogens is 1. The van der Waals surface area contributed by atoms with E-state index in [-0.39, 0.29) is 0 Å². The fraction of sp³-hybridized carbons (Fsp3) is 0. The van der Waals surface area contributed by atoms with E-state index in [2.05, 4.69) is 33.6 Å². The van der Waals surface area contributed by atoms with Crippen molar-refractivity contribution in [3.05, 3.63) is 58.4 Å². The number of para-hydroxylation sites is 1. The van der Waals surface area contributed by atoms with E-state index >= 15 is 0 Å². The summed E-state index contributed by atoms with van der Waals surface area (Å²) in [6.45, 7) is 0. The molecule has 1 heterocycles. The molecule has 0 aliphatic rings. The minimum Gasteiger partial charge on any atom is -0.457 e. The predicted molar refractivity (Wildman–Crippen MR) is 77.5 cm³/mol. The highest BCUT2D eigenvalue weighted by atomic mass is 127. The predicted octanol–water partition coefficient (Wildman–Crippen LogP) is 4.56. The van der Waals surface area contributed by atoms with E-state index in [0.717, 1.165) is 16.9 Å². The van der Waals surface area contributed by atoms with Crippen molar-refractivity contribution in [1.29, 1.82) is 0 Å². The standard InChI is InChI=1S/C14H10INO/c15-13-6-7-14(12-9-16-8-11(12)13)17-10-4-2-1-3-5-10/h1-9,16H. The quantitative estimate of drug-likeness (QED) is 0.682. The Morgan fingerprint density at radius 1 is 0.882 bits per heavy atom. The lowest BCUT2D eigenvalue weighted by atomic mass is 10.2. The van der Waals surface area contributed by atoms with Crippen molar-refractivity contribution in [2.45, 2.75) is 0 Å². The number of hydrogen-bond donors (Lipinski definition) is 1. The zero-order chi connectivity index (χ0) is 11.7. The van der Waals surface area contributed by atoms with Crippen LogP contribution in [0.4, 0.5) is 0 Å². The third-order valence-electron chi connectivity index (χ3n) is 2.62. The lowest BCUT2D eigenvalue weighted by Gasteiger charge is -2.07. The van der Waals surface area contributed by atoms with Crippen LogP contribution in [-0.2, 0) is 0 Å². The lowest BCUT2D eigenvalue weighted by molar-refractivity contribution is 0.488. The summed E-state index contributed by atoms with van der Waals surface area (Å²) in [4.78, 5) is 3.12. The van der Waals surface area contributed by atoms with Crippen molar-refractivity contribution in [3.63, 3.8) is 0 Å². The molecule has 3 heteroatoms. The molecule has 2 aromatic carbocycles. The number of halogens is 1. The molecule has 0 saturated carbocycles. The molecular formula is C14H10INO. The molecule has 1 N–H and O–H groups in total. The Hall–Kier alpha value is -1.49. The summed E-state index contributed by atoms with van der Waals surface area (Å²) in [7, 11) is 0. The highest BCUT2D eigenvalue weighted by Crippen LogP contribution is 2.32. The monoisotopic (exact) mass is 335 g/mol. The van der Waals surface area contributed by atoms with Crippen LogP contribution in [0.25, 0.3) is 10.8 Å². The van der Waals surface area contributed by atoms with Crippen molar-refractivity contribution in [3.8, 4) is 11.5 Å². The molecule has 0 saturated heterocycles. The number of H-pyrrole nitrogens is 1. The molecule has 3 aromatic rings. The molecule has 2 nitrogen and oxygen atoms in total. The molecule has 3 rings (SSSR count). The SMILES string of the molecule is Ic1ccc(Oc2ccccc2)c2c[nH]cc12. The van der Waals surface area contributed by atoms with Gasteiger partial charge in [0, 0.05) is 26.7 Å². The number of ether oxygens (including phenoxy) is 1. The van der Waals surface area contributed by atoms with Crippen molar-refractivity contribution in [1.82, 2.24) is 4.98 Å². The Bertz CT molecular complexity index is 646. The minimum absolute atomic E-state index is 0.858. The molecular weight excluding hydrogens is 325 g/mol. The number of nitrogens with one attached hydrogen (secondary N) is 1. The Balaban J connectivity index is 2.07. The zero-order valence-corrected chi connectivity index (χ0v) is 11.1.